The van der Waals surface area contributed by atoms with Crippen LogP contribution in [0.3, 0.4) is 0 Å². The zero-order valence-corrected chi connectivity index (χ0v) is 10.4. The van der Waals surface area contributed by atoms with Crippen LogP contribution in [0.5, 0.6) is 0 Å². The van der Waals surface area contributed by atoms with Crippen molar-refractivity contribution in [2.75, 3.05) is 5.32 Å². The van der Waals surface area contributed by atoms with Gasteiger partial charge < -0.3 is 10.4 Å². The highest BCUT2D eigenvalue weighted by atomic mass is 16.4. The molecule has 2 rings (SSSR count). The topological polar surface area (TPSA) is 83.5 Å². The quantitative estimate of drug-likeness (QED) is 0.794. The van der Waals surface area contributed by atoms with Crippen LogP contribution in [0.4, 0.5) is 5.69 Å². The second-order valence-electron chi connectivity index (χ2n) is 4.59. The molecule has 0 atom stereocenters. The van der Waals surface area contributed by atoms with Crippen molar-refractivity contribution in [2.24, 2.45) is 0 Å². The zero-order valence-electron chi connectivity index (χ0n) is 10.4. The number of rotatable bonds is 5. The van der Waals surface area contributed by atoms with Gasteiger partial charge in [-0.2, -0.15) is 0 Å². The normalized spacial score (nSPS) is 13.6. The highest BCUT2D eigenvalue weighted by Crippen LogP contribution is 2.24. The maximum absolute atomic E-state index is 11.9. The van der Waals surface area contributed by atoms with Gasteiger partial charge in [-0.15, -0.1) is 0 Å². The van der Waals surface area contributed by atoms with Crippen LogP contribution in [0, 0.1) is 0 Å². The summed E-state index contributed by atoms with van der Waals surface area (Å²) in [6.07, 6.45) is 1.66. The fraction of sp³-hybridized carbons (Fsp3) is 0.357. The van der Waals surface area contributed by atoms with Crippen LogP contribution < -0.4 is 5.32 Å². The number of aryl methyl sites for hydroxylation is 1. The van der Waals surface area contributed by atoms with E-state index in [0.29, 0.717) is 24.8 Å². The van der Waals surface area contributed by atoms with E-state index in [1.165, 1.54) is 0 Å². The summed E-state index contributed by atoms with van der Waals surface area (Å²) in [4.78, 5) is 33.5. The number of carbonyl (C=O) groups excluding carboxylic acids is 2. The molecule has 5 heteroatoms. The molecule has 5 nitrogen and oxygen atoms in total. The number of benzene rings is 1. The van der Waals surface area contributed by atoms with E-state index >= 15 is 0 Å². The van der Waals surface area contributed by atoms with Gasteiger partial charge in [0, 0.05) is 30.5 Å². The number of anilines is 1. The molecule has 0 saturated heterocycles. The molecule has 0 aliphatic carbocycles. The number of nitrogens with one attached hydrogen (secondary N) is 1. The first-order valence-electron chi connectivity index (χ1n) is 6.24. The molecule has 0 saturated carbocycles. The molecule has 0 unspecified atom stereocenters. The van der Waals surface area contributed by atoms with Crippen molar-refractivity contribution in [3.8, 4) is 0 Å². The lowest BCUT2D eigenvalue weighted by Crippen LogP contribution is -2.19. The molecule has 19 heavy (non-hydrogen) atoms. The van der Waals surface area contributed by atoms with Crippen LogP contribution in [-0.4, -0.2) is 22.8 Å². The van der Waals surface area contributed by atoms with Gasteiger partial charge in [-0.25, -0.2) is 0 Å². The third-order valence-corrected chi connectivity index (χ3v) is 3.12. The van der Waals surface area contributed by atoms with E-state index in [1.54, 1.807) is 18.2 Å². The zero-order chi connectivity index (χ0) is 13.8. The van der Waals surface area contributed by atoms with Crippen LogP contribution in [0.2, 0.25) is 0 Å². The summed E-state index contributed by atoms with van der Waals surface area (Å²) in [5.74, 6) is -0.949. The number of carboxylic acids is 1. The summed E-state index contributed by atoms with van der Waals surface area (Å²) >= 11 is 0. The van der Waals surface area contributed by atoms with E-state index in [0.717, 1.165) is 11.3 Å². The predicted octanol–water partition coefficient (Wildman–Crippen LogP) is 2.01. The number of hydrogen-bond donors (Lipinski definition) is 2. The first-order valence-corrected chi connectivity index (χ1v) is 6.24. The molecular weight excluding hydrogens is 246 g/mol. The Morgan fingerprint density at radius 3 is 2.74 bits per heavy atom. The fourth-order valence-electron chi connectivity index (χ4n) is 2.10. The van der Waals surface area contributed by atoms with E-state index in [2.05, 4.69) is 5.32 Å². The summed E-state index contributed by atoms with van der Waals surface area (Å²) in [5.41, 5.74) is 2.31. The molecule has 2 N–H and O–H groups in total. The number of carboxylic acid groups (broad SMARTS) is 1. The van der Waals surface area contributed by atoms with E-state index in [4.69, 9.17) is 5.11 Å². The largest absolute Gasteiger partial charge is 0.481 e. The molecule has 0 spiro atoms. The Balaban J connectivity index is 2.03. The summed E-state index contributed by atoms with van der Waals surface area (Å²) in [5, 5.41) is 11.3. The Kier molecular flexibility index (Phi) is 3.94. The third kappa shape index (κ3) is 3.40. The highest BCUT2D eigenvalue weighted by molar-refractivity contribution is 5.99. The average molecular weight is 261 g/mol. The van der Waals surface area contributed by atoms with E-state index < -0.39 is 5.97 Å². The van der Waals surface area contributed by atoms with Gasteiger partial charge in [0.05, 0.1) is 0 Å². The summed E-state index contributed by atoms with van der Waals surface area (Å²) < 4.78 is 0. The number of Topliss-reactive ketones (excluding diaryl/α,β-unsaturated/α-hetero) is 1. The molecule has 1 aromatic rings. The first-order chi connectivity index (χ1) is 9.06. The maximum Gasteiger partial charge on any atom is 0.303 e. The van der Waals surface area contributed by atoms with Gasteiger partial charge in [0.2, 0.25) is 5.91 Å². The maximum atomic E-state index is 11.9. The molecule has 1 aliphatic rings. The standard InChI is InChI=1S/C14H15NO4/c16-12(2-1-3-14(18)19)10-4-6-11-9(8-10)5-7-13(17)15-11/h4,6,8H,1-3,5,7H2,(H,15,17)(H,18,19). The molecular formula is C14H15NO4. The van der Waals surface area contributed by atoms with Crippen LogP contribution >= 0.6 is 0 Å². The number of ketones is 1. The van der Waals surface area contributed by atoms with E-state index in [1.807, 2.05) is 0 Å². The monoisotopic (exact) mass is 261 g/mol. The van der Waals surface area contributed by atoms with Crippen molar-refractivity contribution in [2.45, 2.75) is 32.1 Å². The Labute approximate surface area is 110 Å². The molecule has 1 heterocycles. The van der Waals surface area contributed by atoms with Crippen LogP contribution in [0.25, 0.3) is 0 Å². The summed E-state index contributed by atoms with van der Waals surface area (Å²) in [7, 11) is 0. The van der Waals surface area contributed by atoms with Crippen molar-refractivity contribution in [1.82, 2.24) is 0 Å². The average Bonchev–Trinajstić information content (AvgIpc) is 2.37. The first kappa shape index (κ1) is 13.3. The lowest BCUT2D eigenvalue weighted by molar-refractivity contribution is -0.137. The number of amides is 1. The Bertz CT molecular complexity index is 536. The van der Waals surface area contributed by atoms with Gasteiger partial charge in [-0.1, -0.05) is 0 Å². The third-order valence-electron chi connectivity index (χ3n) is 3.12. The van der Waals surface area contributed by atoms with Crippen molar-refractivity contribution in [3.63, 3.8) is 0 Å². The number of hydrogen-bond acceptors (Lipinski definition) is 3. The lowest BCUT2D eigenvalue weighted by Gasteiger charge is -2.17. The number of fused-ring (bicyclic) bond motifs is 1. The second kappa shape index (κ2) is 5.65. The smallest absolute Gasteiger partial charge is 0.303 e. The Morgan fingerprint density at radius 1 is 1.21 bits per heavy atom. The lowest BCUT2D eigenvalue weighted by atomic mass is 9.97. The molecule has 100 valence electrons. The molecule has 1 aromatic carbocycles. The van der Waals surface area contributed by atoms with Crippen molar-refractivity contribution < 1.29 is 19.5 Å². The van der Waals surface area contributed by atoms with Crippen molar-refractivity contribution in [1.29, 1.82) is 0 Å². The van der Waals surface area contributed by atoms with Gasteiger partial charge in [0.25, 0.3) is 0 Å². The molecule has 1 aliphatic heterocycles. The SMILES string of the molecule is O=C(O)CCCC(=O)c1ccc2c(c1)CCC(=O)N2. The fourth-order valence-corrected chi connectivity index (χ4v) is 2.10. The van der Waals surface area contributed by atoms with Crippen molar-refractivity contribution in [3.05, 3.63) is 29.3 Å². The number of aliphatic carboxylic acids is 1. The Hall–Kier alpha value is -2.17. The summed E-state index contributed by atoms with van der Waals surface area (Å²) in [6, 6.07) is 5.20. The molecule has 0 fully saturated rings. The van der Waals surface area contributed by atoms with Gasteiger partial charge >= 0.3 is 5.97 Å². The Morgan fingerprint density at radius 2 is 2.00 bits per heavy atom. The minimum Gasteiger partial charge on any atom is -0.481 e. The molecule has 0 aromatic heterocycles. The van der Waals surface area contributed by atoms with Gasteiger partial charge in [0.15, 0.2) is 5.78 Å². The van der Waals surface area contributed by atoms with Crippen molar-refractivity contribution >= 4 is 23.3 Å². The predicted molar refractivity (Wildman–Crippen MR) is 69.2 cm³/mol. The second-order valence-corrected chi connectivity index (χ2v) is 4.59. The highest BCUT2D eigenvalue weighted by Gasteiger charge is 2.16. The number of carbonyl (C=O) groups is 3. The molecule has 0 radical (unpaired) electrons. The summed E-state index contributed by atoms with van der Waals surface area (Å²) in [6.45, 7) is 0. The van der Waals surface area contributed by atoms with Gasteiger partial charge in [-0.3, -0.25) is 14.4 Å². The van der Waals surface area contributed by atoms with Gasteiger partial charge in [-0.05, 0) is 36.6 Å². The minimum atomic E-state index is -0.888. The molecule has 1 amide bonds. The van der Waals surface area contributed by atoms with Crippen LogP contribution in [0.1, 0.15) is 41.6 Å². The van der Waals surface area contributed by atoms with E-state index in [-0.39, 0.29) is 24.5 Å². The van der Waals surface area contributed by atoms with Gasteiger partial charge in [0.1, 0.15) is 0 Å². The van der Waals surface area contributed by atoms with E-state index in [9.17, 15) is 14.4 Å². The molecule has 0 bridgehead atoms. The van der Waals surface area contributed by atoms with Crippen LogP contribution in [-0.2, 0) is 16.0 Å². The minimum absolute atomic E-state index is 0.00645. The van der Waals surface area contributed by atoms with Crippen LogP contribution in [0.15, 0.2) is 18.2 Å².